The minimum atomic E-state index is -1.56. The van der Waals surface area contributed by atoms with Crippen LogP contribution in [0.5, 0.6) is 0 Å². The van der Waals surface area contributed by atoms with Gasteiger partial charge in [-0.2, -0.15) is 0 Å². The van der Waals surface area contributed by atoms with Crippen molar-refractivity contribution in [3.63, 3.8) is 0 Å². The van der Waals surface area contributed by atoms with Gasteiger partial charge in [-0.1, -0.05) is 193 Å². The van der Waals surface area contributed by atoms with Crippen molar-refractivity contribution in [2.75, 3.05) is 13.2 Å². The average Bonchev–Trinajstić information content (AvgIpc) is 3.16. The van der Waals surface area contributed by atoms with Gasteiger partial charge in [0.05, 0.1) is 25.4 Å². The van der Waals surface area contributed by atoms with Gasteiger partial charge < -0.3 is 40.3 Å². The van der Waals surface area contributed by atoms with E-state index < -0.39 is 49.5 Å². The third-order valence-electron chi connectivity index (χ3n) is 10.9. The van der Waals surface area contributed by atoms with Gasteiger partial charge in [0.15, 0.2) is 6.29 Å². The number of nitrogens with one attached hydrogen (secondary N) is 1. The monoisotopic (exact) mass is 756 g/mol. The minimum Gasteiger partial charge on any atom is -0.394 e. The van der Waals surface area contributed by atoms with E-state index in [2.05, 4.69) is 19.2 Å². The van der Waals surface area contributed by atoms with Gasteiger partial charge in [-0.05, 0) is 19.3 Å². The Morgan fingerprint density at radius 1 is 0.623 bits per heavy atom. The second kappa shape index (κ2) is 35.4. The molecule has 53 heavy (non-hydrogen) atoms. The van der Waals surface area contributed by atoms with Gasteiger partial charge in [-0.15, -0.1) is 0 Å². The molecule has 1 rings (SSSR count). The summed E-state index contributed by atoms with van der Waals surface area (Å²) in [6.07, 6.45) is 32.5. The Morgan fingerprint density at radius 3 is 1.47 bits per heavy atom. The Morgan fingerprint density at radius 2 is 1.04 bits per heavy atom. The third kappa shape index (κ3) is 26.4. The van der Waals surface area contributed by atoms with Gasteiger partial charge in [0.2, 0.25) is 5.91 Å². The molecule has 0 bridgehead atoms. The molecule has 0 spiro atoms. The second-order valence-electron chi connectivity index (χ2n) is 15.9. The van der Waals surface area contributed by atoms with Crippen LogP contribution in [0, 0.1) is 0 Å². The highest BCUT2D eigenvalue weighted by molar-refractivity contribution is 5.76. The topological polar surface area (TPSA) is 149 Å². The summed E-state index contributed by atoms with van der Waals surface area (Å²) in [6, 6.07) is -0.797. The maximum absolute atomic E-state index is 12.9. The fourth-order valence-corrected chi connectivity index (χ4v) is 7.21. The molecular weight excluding hydrogens is 670 g/mol. The summed E-state index contributed by atoms with van der Waals surface area (Å²) in [7, 11) is 0. The number of carbonyl (C=O) groups is 1. The van der Waals surface area contributed by atoms with Gasteiger partial charge in [0.1, 0.15) is 24.4 Å². The summed E-state index contributed by atoms with van der Waals surface area (Å²) < 4.78 is 11.2. The molecule has 9 nitrogen and oxygen atoms in total. The zero-order valence-electron chi connectivity index (χ0n) is 34.3. The van der Waals surface area contributed by atoms with Crippen LogP contribution in [0.25, 0.3) is 0 Å². The molecule has 2 unspecified atom stereocenters. The van der Waals surface area contributed by atoms with E-state index in [9.17, 15) is 30.3 Å². The summed E-state index contributed by atoms with van der Waals surface area (Å²) >= 11 is 0. The summed E-state index contributed by atoms with van der Waals surface area (Å²) in [5, 5.41) is 54.1. The number of aliphatic hydroxyl groups excluding tert-OH is 5. The van der Waals surface area contributed by atoms with Crippen molar-refractivity contribution in [1.29, 1.82) is 0 Å². The van der Waals surface area contributed by atoms with E-state index in [-0.39, 0.29) is 12.5 Å². The van der Waals surface area contributed by atoms with Gasteiger partial charge >= 0.3 is 0 Å². The first kappa shape index (κ1) is 49.9. The first-order valence-corrected chi connectivity index (χ1v) is 22.4. The standard InChI is InChI=1S/C44H85NO8/c1-3-5-7-9-11-13-15-17-19-20-21-23-25-27-29-31-33-38(47)37(36-52-44-43(51)42(50)41(49)39(35-46)53-44)45-40(48)34-32-30-28-26-24-22-18-16-14-12-10-8-6-4-2/h31,33,37-39,41-44,46-47,49-51H,3-30,32,34-36H2,1-2H3,(H,45,48)/b33-31+/t37-,38+,39+,41+,42?,43?,44+/m0/s1. The quantitative estimate of drug-likeness (QED) is 0.0272. The number of allylic oxidation sites excluding steroid dienone is 1. The molecule has 314 valence electrons. The number of ether oxygens (including phenoxy) is 2. The Kier molecular flexibility index (Phi) is 33.3. The minimum absolute atomic E-state index is 0.175. The predicted octanol–water partition coefficient (Wildman–Crippen LogP) is 8.95. The van der Waals surface area contributed by atoms with Crippen molar-refractivity contribution < 1.29 is 39.8 Å². The van der Waals surface area contributed by atoms with E-state index in [4.69, 9.17) is 9.47 Å². The maximum atomic E-state index is 12.9. The molecule has 1 aliphatic rings. The first-order chi connectivity index (χ1) is 25.8. The summed E-state index contributed by atoms with van der Waals surface area (Å²) in [4.78, 5) is 12.9. The largest absolute Gasteiger partial charge is 0.394 e. The van der Waals surface area contributed by atoms with E-state index in [1.165, 1.54) is 148 Å². The van der Waals surface area contributed by atoms with E-state index in [0.29, 0.717) is 6.42 Å². The maximum Gasteiger partial charge on any atom is 0.220 e. The van der Waals surface area contributed by atoms with Crippen LogP contribution in [0.15, 0.2) is 12.2 Å². The predicted molar refractivity (Wildman–Crippen MR) is 217 cm³/mol. The lowest BCUT2D eigenvalue weighted by Crippen LogP contribution is -2.60. The van der Waals surface area contributed by atoms with Crippen molar-refractivity contribution in [3.8, 4) is 0 Å². The number of aliphatic hydroxyl groups is 5. The molecule has 0 saturated carbocycles. The SMILES string of the molecule is CCCCCCCCCCCCCCCC/C=C/[C@@H](O)[C@H](CO[C@@H]1O[C@H](CO)[C@@H](O)C(O)C1O)NC(=O)CCCCCCCCCCCCCCCC. The van der Waals surface area contributed by atoms with E-state index in [0.717, 1.165) is 38.5 Å². The van der Waals surface area contributed by atoms with Crippen LogP contribution in [0.4, 0.5) is 0 Å². The van der Waals surface area contributed by atoms with E-state index in [1.54, 1.807) is 6.08 Å². The molecule has 1 saturated heterocycles. The zero-order valence-corrected chi connectivity index (χ0v) is 34.3. The normalized spacial score (nSPS) is 21.7. The Labute approximate surface area is 325 Å². The fourth-order valence-electron chi connectivity index (χ4n) is 7.21. The smallest absolute Gasteiger partial charge is 0.220 e. The Hall–Kier alpha value is -1.07. The summed E-state index contributed by atoms with van der Waals surface area (Å²) in [5.74, 6) is -0.175. The lowest BCUT2D eigenvalue weighted by atomic mass is 9.99. The molecule has 0 aromatic rings. The van der Waals surface area contributed by atoms with Gasteiger partial charge in [-0.25, -0.2) is 0 Å². The molecule has 0 aliphatic carbocycles. The van der Waals surface area contributed by atoms with Crippen LogP contribution in [-0.4, -0.2) is 87.5 Å². The molecule has 1 fully saturated rings. The van der Waals surface area contributed by atoms with Crippen molar-refractivity contribution >= 4 is 5.91 Å². The molecule has 1 amide bonds. The van der Waals surface area contributed by atoms with E-state index in [1.807, 2.05) is 6.08 Å². The van der Waals surface area contributed by atoms with Crippen molar-refractivity contribution in [3.05, 3.63) is 12.2 Å². The van der Waals surface area contributed by atoms with Gasteiger partial charge in [-0.3, -0.25) is 4.79 Å². The molecule has 0 aromatic heterocycles. The number of hydrogen-bond acceptors (Lipinski definition) is 8. The summed E-state index contributed by atoms with van der Waals surface area (Å²) in [6.45, 7) is 3.78. The van der Waals surface area contributed by atoms with Crippen molar-refractivity contribution in [2.45, 2.75) is 249 Å². The van der Waals surface area contributed by atoms with Crippen molar-refractivity contribution in [2.24, 2.45) is 0 Å². The van der Waals surface area contributed by atoms with E-state index >= 15 is 0 Å². The molecule has 9 heteroatoms. The number of carbonyl (C=O) groups excluding carboxylic acids is 1. The second-order valence-corrected chi connectivity index (χ2v) is 15.9. The third-order valence-corrected chi connectivity index (χ3v) is 10.9. The molecule has 1 aliphatic heterocycles. The van der Waals surface area contributed by atoms with Crippen LogP contribution < -0.4 is 5.32 Å². The molecule has 7 atom stereocenters. The van der Waals surface area contributed by atoms with Crippen LogP contribution >= 0.6 is 0 Å². The lowest BCUT2D eigenvalue weighted by molar-refractivity contribution is -0.302. The molecule has 6 N–H and O–H groups in total. The molecule has 0 radical (unpaired) electrons. The number of hydrogen-bond donors (Lipinski definition) is 6. The highest BCUT2D eigenvalue weighted by Gasteiger charge is 2.44. The summed E-state index contributed by atoms with van der Waals surface area (Å²) in [5.41, 5.74) is 0. The van der Waals surface area contributed by atoms with Gasteiger partial charge in [0.25, 0.3) is 0 Å². The number of unbranched alkanes of at least 4 members (excludes halogenated alkanes) is 27. The molecule has 0 aromatic carbocycles. The first-order valence-electron chi connectivity index (χ1n) is 22.4. The number of amides is 1. The highest BCUT2D eigenvalue weighted by atomic mass is 16.7. The van der Waals surface area contributed by atoms with Crippen LogP contribution in [0.1, 0.15) is 206 Å². The van der Waals surface area contributed by atoms with Crippen LogP contribution in [0.2, 0.25) is 0 Å². The average molecular weight is 756 g/mol. The van der Waals surface area contributed by atoms with Gasteiger partial charge in [0, 0.05) is 6.42 Å². The molecular formula is C44H85NO8. The number of rotatable bonds is 37. The highest BCUT2D eigenvalue weighted by Crippen LogP contribution is 2.23. The molecule has 1 heterocycles. The zero-order chi connectivity index (χ0) is 38.8. The lowest BCUT2D eigenvalue weighted by Gasteiger charge is -2.40. The van der Waals surface area contributed by atoms with Crippen molar-refractivity contribution in [1.82, 2.24) is 5.32 Å². The Bertz CT molecular complexity index is 842. The van der Waals surface area contributed by atoms with Crippen LogP contribution in [-0.2, 0) is 14.3 Å². The Balaban J connectivity index is 2.37. The van der Waals surface area contributed by atoms with Crippen LogP contribution in [0.3, 0.4) is 0 Å². The fraction of sp³-hybridized carbons (Fsp3) is 0.932.